The standard InChI is InChI=1S/C23H30FN3O5/c1-3-4-11-31-21(29)27-22-7-9-23(10-8-22,32-14-22)18(28)12-15-16(24)13-25-17-5-6-19(30-2)26-20(15)17/h5-6,13,18,28H,3-4,7-12,14H2,1-2H3,(H,27,29). The molecular formula is C23H30FN3O5. The van der Waals surface area contributed by atoms with Crippen molar-refractivity contribution in [3.8, 4) is 5.88 Å². The lowest BCUT2D eigenvalue weighted by Crippen LogP contribution is -2.66. The summed E-state index contributed by atoms with van der Waals surface area (Å²) in [6, 6.07) is 3.38. The molecule has 1 amide bonds. The Morgan fingerprint density at radius 2 is 2.12 bits per heavy atom. The molecule has 174 valence electrons. The Balaban J connectivity index is 1.46. The Labute approximate surface area is 186 Å². The summed E-state index contributed by atoms with van der Waals surface area (Å²) >= 11 is 0. The topological polar surface area (TPSA) is 103 Å². The van der Waals surface area contributed by atoms with Gasteiger partial charge < -0.3 is 24.6 Å². The molecule has 32 heavy (non-hydrogen) atoms. The number of carbonyl (C=O) groups is 1. The van der Waals surface area contributed by atoms with Crippen LogP contribution < -0.4 is 10.1 Å². The molecule has 3 fully saturated rings. The predicted molar refractivity (Wildman–Crippen MR) is 115 cm³/mol. The molecule has 2 aromatic rings. The van der Waals surface area contributed by atoms with Gasteiger partial charge in [-0.1, -0.05) is 13.3 Å². The Bertz CT molecular complexity index is 961. The normalized spacial score (nSPS) is 25.5. The fourth-order valence-corrected chi connectivity index (χ4v) is 4.64. The molecule has 0 spiro atoms. The zero-order valence-corrected chi connectivity index (χ0v) is 18.5. The maximum atomic E-state index is 14.7. The molecule has 1 aliphatic carbocycles. The number of methoxy groups -OCH3 is 1. The molecule has 8 nitrogen and oxygen atoms in total. The zero-order valence-electron chi connectivity index (χ0n) is 18.5. The summed E-state index contributed by atoms with van der Waals surface area (Å²) in [7, 11) is 1.49. The number of rotatable bonds is 8. The largest absolute Gasteiger partial charge is 0.481 e. The number of hydrogen-bond donors (Lipinski definition) is 2. The molecule has 5 rings (SSSR count). The van der Waals surface area contributed by atoms with Gasteiger partial charge in [-0.3, -0.25) is 4.98 Å². The first-order chi connectivity index (χ1) is 15.4. The summed E-state index contributed by atoms with van der Waals surface area (Å²) in [5.41, 5.74) is -0.0633. The maximum absolute atomic E-state index is 14.7. The number of alkyl carbamates (subject to hydrolysis) is 1. The molecule has 2 aromatic heterocycles. The number of nitrogens with zero attached hydrogens (tertiary/aromatic N) is 2. The maximum Gasteiger partial charge on any atom is 0.407 e. The summed E-state index contributed by atoms with van der Waals surface area (Å²) in [5.74, 6) is -0.168. The first-order valence-electron chi connectivity index (χ1n) is 11.2. The Hall–Kier alpha value is -2.52. The van der Waals surface area contributed by atoms with Gasteiger partial charge in [-0.15, -0.1) is 0 Å². The van der Waals surface area contributed by atoms with E-state index in [1.165, 1.54) is 7.11 Å². The van der Waals surface area contributed by atoms with Crippen molar-refractivity contribution in [2.75, 3.05) is 20.3 Å². The van der Waals surface area contributed by atoms with Gasteiger partial charge in [0.1, 0.15) is 5.82 Å². The lowest BCUT2D eigenvalue weighted by Gasteiger charge is -2.54. The van der Waals surface area contributed by atoms with Crippen LogP contribution in [-0.4, -0.2) is 58.7 Å². The van der Waals surface area contributed by atoms with Gasteiger partial charge in [-0.25, -0.2) is 14.2 Å². The van der Waals surface area contributed by atoms with Crippen molar-refractivity contribution in [3.05, 3.63) is 29.7 Å². The van der Waals surface area contributed by atoms with Crippen LogP contribution in [0.4, 0.5) is 9.18 Å². The molecule has 1 atom stereocenters. The van der Waals surface area contributed by atoms with Crippen LogP contribution in [0.5, 0.6) is 5.88 Å². The molecule has 2 N–H and O–H groups in total. The van der Waals surface area contributed by atoms with Crippen molar-refractivity contribution >= 4 is 17.1 Å². The lowest BCUT2D eigenvalue weighted by atomic mass is 9.68. The van der Waals surface area contributed by atoms with Gasteiger partial charge in [0.15, 0.2) is 0 Å². The van der Waals surface area contributed by atoms with Crippen molar-refractivity contribution in [2.24, 2.45) is 0 Å². The van der Waals surface area contributed by atoms with E-state index in [-0.39, 0.29) is 6.42 Å². The van der Waals surface area contributed by atoms with E-state index < -0.39 is 29.2 Å². The first kappa shape index (κ1) is 22.7. The van der Waals surface area contributed by atoms with Crippen molar-refractivity contribution < 1.29 is 28.5 Å². The predicted octanol–water partition coefficient (Wildman–Crippen LogP) is 3.29. The van der Waals surface area contributed by atoms with E-state index in [1.807, 2.05) is 6.92 Å². The second-order valence-corrected chi connectivity index (χ2v) is 8.77. The number of fused-ring (bicyclic) bond motifs is 4. The highest BCUT2D eigenvalue weighted by Gasteiger charge is 2.54. The number of halogens is 1. The molecular weight excluding hydrogens is 417 g/mol. The Kier molecular flexibility index (Phi) is 6.48. The molecule has 3 aliphatic rings. The van der Waals surface area contributed by atoms with E-state index >= 15 is 0 Å². The summed E-state index contributed by atoms with van der Waals surface area (Å²) < 4.78 is 31.2. The van der Waals surface area contributed by atoms with Crippen molar-refractivity contribution in [3.63, 3.8) is 0 Å². The average molecular weight is 448 g/mol. The fraction of sp³-hybridized carbons (Fsp3) is 0.609. The highest BCUT2D eigenvalue weighted by molar-refractivity contribution is 5.78. The van der Waals surface area contributed by atoms with Crippen molar-refractivity contribution in [1.82, 2.24) is 15.3 Å². The Morgan fingerprint density at radius 3 is 2.78 bits per heavy atom. The van der Waals surface area contributed by atoms with E-state index in [4.69, 9.17) is 14.2 Å². The summed E-state index contributed by atoms with van der Waals surface area (Å²) in [5, 5.41) is 14.1. The van der Waals surface area contributed by atoms with Gasteiger partial charge >= 0.3 is 6.09 Å². The molecule has 2 saturated heterocycles. The van der Waals surface area contributed by atoms with Gasteiger partial charge in [0.2, 0.25) is 5.88 Å². The van der Waals surface area contributed by atoms with Crippen LogP contribution in [0.15, 0.2) is 18.3 Å². The molecule has 1 saturated carbocycles. The van der Waals surface area contributed by atoms with Crippen LogP contribution in [0.2, 0.25) is 0 Å². The summed E-state index contributed by atoms with van der Waals surface area (Å²) in [6.45, 7) is 2.72. The molecule has 2 aliphatic heterocycles. The minimum atomic E-state index is -0.926. The molecule has 1 unspecified atom stereocenters. The van der Waals surface area contributed by atoms with E-state index in [9.17, 15) is 14.3 Å². The average Bonchev–Trinajstić information content (AvgIpc) is 2.81. The minimum Gasteiger partial charge on any atom is -0.481 e. The van der Waals surface area contributed by atoms with Crippen molar-refractivity contribution in [2.45, 2.75) is 69.1 Å². The van der Waals surface area contributed by atoms with Crippen LogP contribution in [0.25, 0.3) is 11.0 Å². The quantitative estimate of drug-likeness (QED) is 0.599. The smallest absolute Gasteiger partial charge is 0.407 e. The van der Waals surface area contributed by atoms with Crippen LogP contribution in [0, 0.1) is 5.82 Å². The monoisotopic (exact) mass is 447 g/mol. The number of aliphatic hydroxyl groups is 1. The number of aliphatic hydroxyl groups excluding tert-OH is 1. The van der Waals surface area contributed by atoms with Gasteiger partial charge in [0.25, 0.3) is 0 Å². The molecule has 4 heterocycles. The van der Waals surface area contributed by atoms with Gasteiger partial charge in [-0.2, -0.15) is 0 Å². The number of pyridine rings is 2. The van der Waals surface area contributed by atoms with E-state index in [2.05, 4.69) is 15.3 Å². The van der Waals surface area contributed by atoms with Crippen LogP contribution in [0.3, 0.4) is 0 Å². The van der Waals surface area contributed by atoms with Gasteiger partial charge in [0, 0.05) is 18.1 Å². The third-order valence-electron chi connectivity index (χ3n) is 6.74. The number of carbonyl (C=O) groups excluding carboxylic acids is 1. The summed E-state index contributed by atoms with van der Waals surface area (Å²) in [4.78, 5) is 20.6. The van der Waals surface area contributed by atoms with Gasteiger partial charge in [0.05, 0.1) is 54.8 Å². The SMILES string of the molecule is CCCCOC(=O)NC12CCC(C(O)Cc3c(F)cnc4ccc(OC)nc34)(CC1)OC2. The number of aromatic nitrogens is 2. The second-order valence-electron chi connectivity index (χ2n) is 8.77. The molecule has 0 radical (unpaired) electrons. The molecule has 2 bridgehead atoms. The third-order valence-corrected chi connectivity index (χ3v) is 6.74. The number of amides is 1. The number of hydrogen-bond acceptors (Lipinski definition) is 7. The fourth-order valence-electron chi connectivity index (χ4n) is 4.64. The first-order valence-corrected chi connectivity index (χ1v) is 11.2. The van der Waals surface area contributed by atoms with Crippen molar-refractivity contribution in [1.29, 1.82) is 0 Å². The van der Waals surface area contributed by atoms with E-state index in [1.54, 1.807) is 12.1 Å². The molecule has 0 aromatic carbocycles. The van der Waals surface area contributed by atoms with E-state index in [0.717, 1.165) is 19.0 Å². The van der Waals surface area contributed by atoms with Crippen LogP contribution >= 0.6 is 0 Å². The van der Waals surface area contributed by atoms with Crippen LogP contribution in [-0.2, 0) is 15.9 Å². The number of unbranched alkanes of at least 4 members (excludes halogenated alkanes) is 1. The number of nitrogens with one attached hydrogen (secondary N) is 1. The highest BCUT2D eigenvalue weighted by atomic mass is 19.1. The second kappa shape index (κ2) is 9.15. The van der Waals surface area contributed by atoms with Crippen LogP contribution in [0.1, 0.15) is 51.0 Å². The lowest BCUT2D eigenvalue weighted by molar-refractivity contribution is -0.206. The highest BCUT2D eigenvalue weighted by Crippen LogP contribution is 2.46. The number of ether oxygens (including phenoxy) is 3. The molecule has 9 heteroatoms. The minimum absolute atomic E-state index is 0.0461. The zero-order chi connectivity index (χ0) is 22.8. The van der Waals surface area contributed by atoms with E-state index in [0.29, 0.717) is 61.4 Å². The third kappa shape index (κ3) is 4.36. The summed E-state index contributed by atoms with van der Waals surface area (Å²) in [6.07, 6.45) is 4.08. The van der Waals surface area contributed by atoms with Gasteiger partial charge in [-0.05, 0) is 38.2 Å². The Morgan fingerprint density at radius 1 is 1.34 bits per heavy atom.